The molecule has 0 saturated carbocycles. The fourth-order valence-electron chi connectivity index (χ4n) is 1.46. The van der Waals surface area contributed by atoms with Crippen LogP contribution in [0, 0.1) is 0 Å². The molecular weight excluding hydrogens is 248 g/mol. The van der Waals surface area contributed by atoms with Crippen LogP contribution in [0.3, 0.4) is 0 Å². The zero-order chi connectivity index (χ0) is 12.4. The summed E-state index contributed by atoms with van der Waals surface area (Å²) in [6, 6.07) is 0. The third-order valence-corrected chi connectivity index (χ3v) is 3.64. The summed E-state index contributed by atoms with van der Waals surface area (Å²) >= 11 is 0. The molecule has 0 rings (SSSR count). The van der Waals surface area contributed by atoms with Crippen LogP contribution in [0.15, 0.2) is 0 Å². The first-order valence-corrected chi connectivity index (χ1v) is 8.47. The Morgan fingerprint density at radius 1 is 1.19 bits per heavy atom. The Morgan fingerprint density at radius 2 is 1.88 bits per heavy atom. The summed E-state index contributed by atoms with van der Waals surface area (Å²) in [5.74, 6) is -0.00287. The maximum absolute atomic E-state index is 10.6. The first-order valence-electron chi connectivity index (χ1n) is 5.99. The molecule has 0 saturated heterocycles. The second-order valence-electron chi connectivity index (χ2n) is 4.13. The number of halogens is 1. The Labute approximate surface area is 104 Å². The van der Waals surface area contributed by atoms with E-state index in [0.29, 0.717) is 13.0 Å². The largest absolute Gasteiger partial charge is 0.378 e. The number of hydrogen-bond donors (Lipinski definition) is 0. The molecule has 5 heteroatoms. The second-order valence-corrected chi connectivity index (χ2v) is 7.02. The molecule has 0 aliphatic heterocycles. The van der Waals surface area contributed by atoms with E-state index in [-0.39, 0.29) is 11.9 Å². The minimum absolute atomic E-state index is 0.00287. The molecule has 16 heavy (non-hydrogen) atoms. The Bertz CT molecular complexity index is 252. The summed E-state index contributed by atoms with van der Waals surface area (Å²) < 4.78 is 26.8. The third-order valence-electron chi connectivity index (χ3n) is 2.40. The number of hydrogen-bond acceptors (Lipinski definition) is 3. The molecule has 0 bridgehead atoms. The molecule has 0 aliphatic carbocycles. The summed E-state index contributed by atoms with van der Waals surface area (Å²) in [7, 11) is 1.73. The molecule has 3 nitrogen and oxygen atoms in total. The highest BCUT2D eigenvalue weighted by Gasteiger charge is 2.06. The highest BCUT2D eigenvalue weighted by Crippen LogP contribution is 2.08. The number of unbranched alkanes of at least 4 members (excludes halogenated alkanes) is 3. The minimum Gasteiger partial charge on any atom is -0.378 e. The van der Waals surface area contributed by atoms with Crippen molar-refractivity contribution in [1.82, 2.24) is 0 Å². The van der Waals surface area contributed by atoms with Crippen molar-refractivity contribution >= 4 is 19.7 Å². The highest BCUT2D eigenvalue weighted by molar-refractivity contribution is 8.13. The van der Waals surface area contributed by atoms with E-state index in [4.69, 9.17) is 15.4 Å². The zero-order valence-electron chi connectivity index (χ0n) is 10.2. The molecule has 0 N–H and O–H groups in total. The molecule has 0 heterocycles. The van der Waals surface area contributed by atoms with Gasteiger partial charge in [0.1, 0.15) is 0 Å². The van der Waals surface area contributed by atoms with Crippen molar-refractivity contribution in [2.24, 2.45) is 0 Å². The molecule has 0 aromatic rings. The first kappa shape index (κ1) is 16.2. The predicted octanol–water partition coefficient (Wildman–Crippen LogP) is 3.32. The Kier molecular flexibility index (Phi) is 9.37. The van der Waals surface area contributed by atoms with Crippen molar-refractivity contribution in [3.8, 4) is 0 Å². The normalized spacial score (nSPS) is 13.9. The molecule has 98 valence electrons. The van der Waals surface area contributed by atoms with Gasteiger partial charge in [0.2, 0.25) is 9.05 Å². The van der Waals surface area contributed by atoms with Crippen LogP contribution in [0.1, 0.15) is 52.4 Å². The summed E-state index contributed by atoms with van der Waals surface area (Å²) in [5.41, 5.74) is 0. The average Bonchev–Trinajstić information content (AvgIpc) is 2.18. The van der Waals surface area contributed by atoms with Gasteiger partial charge >= 0.3 is 0 Å². The fourth-order valence-corrected chi connectivity index (χ4v) is 2.25. The van der Waals surface area contributed by atoms with Gasteiger partial charge in [0, 0.05) is 17.3 Å². The maximum Gasteiger partial charge on any atom is 0.232 e. The molecular formula is C11H23ClO3S. The second kappa shape index (κ2) is 9.25. The molecule has 1 atom stereocenters. The molecule has 1 unspecified atom stereocenters. The Morgan fingerprint density at radius 3 is 2.44 bits per heavy atom. The van der Waals surface area contributed by atoms with Crippen LogP contribution in [-0.4, -0.2) is 26.9 Å². The quantitative estimate of drug-likeness (QED) is 0.452. The minimum atomic E-state index is -3.35. The van der Waals surface area contributed by atoms with Crippen molar-refractivity contribution in [3.63, 3.8) is 0 Å². The maximum atomic E-state index is 10.6. The standard InChI is InChI=1S/C11H23ClO3S/c1-3-4-5-6-8-11(2)15-9-7-10-16(12,13)14/h11H,3-10H2,1-2H3. The zero-order valence-corrected chi connectivity index (χ0v) is 11.8. The molecule has 0 fully saturated rings. The van der Waals surface area contributed by atoms with Gasteiger partial charge in [-0.1, -0.05) is 32.6 Å². The van der Waals surface area contributed by atoms with Crippen molar-refractivity contribution in [1.29, 1.82) is 0 Å². The van der Waals surface area contributed by atoms with Crippen molar-refractivity contribution in [3.05, 3.63) is 0 Å². The molecule has 0 radical (unpaired) electrons. The van der Waals surface area contributed by atoms with Gasteiger partial charge in [0.25, 0.3) is 0 Å². The lowest BCUT2D eigenvalue weighted by Crippen LogP contribution is -2.11. The summed E-state index contributed by atoms with van der Waals surface area (Å²) in [5, 5.41) is 0. The van der Waals surface area contributed by atoms with Crippen molar-refractivity contribution in [2.45, 2.75) is 58.5 Å². The van der Waals surface area contributed by atoms with Gasteiger partial charge in [0.05, 0.1) is 11.9 Å². The van der Waals surface area contributed by atoms with Gasteiger partial charge in [-0.05, 0) is 19.8 Å². The van der Waals surface area contributed by atoms with Crippen LogP contribution < -0.4 is 0 Å². The van der Waals surface area contributed by atoms with Gasteiger partial charge in [-0.3, -0.25) is 0 Å². The Hall–Kier alpha value is 0.200. The summed E-state index contributed by atoms with van der Waals surface area (Å²) in [6.07, 6.45) is 6.69. The third kappa shape index (κ3) is 12.3. The lowest BCUT2D eigenvalue weighted by atomic mass is 10.1. The van der Waals surface area contributed by atoms with E-state index in [1.807, 2.05) is 6.92 Å². The van der Waals surface area contributed by atoms with E-state index < -0.39 is 9.05 Å². The monoisotopic (exact) mass is 270 g/mol. The van der Waals surface area contributed by atoms with Crippen LogP contribution in [0.25, 0.3) is 0 Å². The molecule has 0 amide bonds. The lowest BCUT2D eigenvalue weighted by Gasteiger charge is -2.12. The first-order chi connectivity index (χ1) is 7.45. The smallest absolute Gasteiger partial charge is 0.232 e. The fraction of sp³-hybridized carbons (Fsp3) is 1.00. The van der Waals surface area contributed by atoms with E-state index in [9.17, 15) is 8.42 Å². The van der Waals surface area contributed by atoms with Crippen LogP contribution in [-0.2, 0) is 13.8 Å². The van der Waals surface area contributed by atoms with E-state index in [1.54, 1.807) is 0 Å². The van der Waals surface area contributed by atoms with Crippen LogP contribution in [0.5, 0.6) is 0 Å². The summed E-state index contributed by atoms with van der Waals surface area (Å²) in [4.78, 5) is 0. The lowest BCUT2D eigenvalue weighted by molar-refractivity contribution is 0.0593. The highest BCUT2D eigenvalue weighted by atomic mass is 35.7. The number of ether oxygens (including phenoxy) is 1. The topological polar surface area (TPSA) is 43.4 Å². The van der Waals surface area contributed by atoms with Crippen LogP contribution in [0.4, 0.5) is 0 Å². The van der Waals surface area contributed by atoms with Gasteiger partial charge < -0.3 is 4.74 Å². The van der Waals surface area contributed by atoms with Crippen molar-refractivity contribution in [2.75, 3.05) is 12.4 Å². The van der Waals surface area contributed by atoms with Crippen LogP contribution in [0.2, 0.25) is 0 Å². The molecule has 0 aliphatic rings. The SMILES string of the molecule is CCCCCCC(C)OCCCS(=O)(=O)Cl. The average molecular weight is 271 g/mol. The van der Waals surface area contributed by atoms with Gasteiger partial charge in [0.15, 0.2) is 0 Å². The molecule has 0 spiro atoms. The molecule has 0 aromatic heterocycles. The number of rotatable bonds is 10. The molecule has 0 aromatic carbocycles. The van der Waals surface area contributed by atoms with E-state index in [0.717, 1.165) is 6.42 Å². The summed E-state index contributed by atoms with van der Waals surface area (Å²) in [6.45, 7) is 4.69. The van der Waals surface area contributed by atoms with Crippen molar-refractivity contribution < 1.29 is 13.2 Å². The van der Waals surface area contributed by atoms with E-state index >= 15 is 0 Å². The van der Waals surface area contributed by atoms with E-state index in [1.165, 1.54) is 25.7 Å². The van der Waals surface area contributed by atoms with Gasteiger partial charge in [-0.15, -0.1) is 0 Å². The predicted molar refractivity (Wildman–Crippen MR) is 68.4 cm³/mol. The van der Waals surface area contributed by atoms with Crippen LogP contribution >= 0.6 is 10.7 Å². The van der Waals surface area contributed by atoms with E-state index in [2.05, 4.69) is 6.92 Å². The van der Waals surface area contributed by atoms with Gasteiger partial charge in [-0.25, -0.2) is 8.42 Å². The van der Waals surface area contributed by atoms with Gasteiger partial charge in [-0.2, -0.15) is 0 Å². The Balaban J connectivity index is 3.33.